The van der Waals surface area contributed by atoms with E-state index in [0.29, 0.717) is 18.5 Å². The normalized spacial score (nSPS) is 30.6. The van der Waals surface area contributed by atoms with Crippen molar-refractivity contribution in [1.82, 2.24) is 5.32 Å². The molecule has 3 N–H and O–H groups in total. The van der Waals surface area contributed by atoms with Crippen LogP contribution in [-0.2, 0) is 0 Å². The highest BCUT2D eigenvalue weighted by molar-refractivity contribution is 4.84. The number of rotatable bonds is 4. The summed E-state index contributed by atoms with van der Waals surface area (Å²) < 4.78 is 0. The largest absolute Gasteiger partial charge is 0.330 e. The lowest BCUT2D eigenvalue weighted by Crippen LogP contribution is -2.31. The fourth-order valence-corrected chi connectivity index (χ4v) is 1.63. The van der Waals surface area contributed by atoms with Crippen LogP contribution in [0.15, 0.2) is 5.18 Å². The van der Waals surface area contributed by atoms with Crippen molar-refractivity contribution in [2.75, 3.05) is 19.6 Å². The smallest absolute Gasteiger partial charge is 0.0826 e. The second-order valence-electron chi connectivity index (χ2n) is 2.99. The average Bonchev–Trinajstić information content (AvgIpc) is 2.47. The number of nitrogens with two attached hydrogens (primary N) is 1. The van der Waals surface area contributed by atoms with Crippen LogP contribution >= 0.6 is 0 Å². The molecule has 0 saturated carbocycles. The van der Waals surface area contributed by atoms with Crippen molar-refractivity contribution < 1.29 is 0 Å². The van der Waals surface area contributed by atoms with E-state index in [1.165, 1.54) is 0 Å². The molecule has 1 rings (SSSR count). The van der Waals surface area contributed by atoms with Gasteiger partial charge in [0.2, 0.25) is 0 Å². The van der Waals surface area contributed by atoms with Gasteiger partial charge in [-0.25, -0.2) is 0 Å². The fraction of sp³-hybridized carbons (Fsp3) is 1.00. The fourth-order valence-electron chi connectivity index (χ4n) is 1.63. The van der Waals surface area contributed by atoms with Gasteiger partial charge in [-0.3, -0.25) is 0 Å². The van der Waals surface area contributed by atoms with E-state index in [1.807, 2.05) is 0 Å². The summed E-state index contributed by atoms with van der Waals surface area (Å²) in [5.41, 5.74) is 5.55. The van der Waals surface area contributed by atoms with Gasteiger partial charge in [-0.15, -0.1) is 0 Å². The number of hydrogen-bond donors (Lipinski definition) is 2. The summed E-state index contributed by atoms with van der Waals surface area (Å²) in [6.07, 6.45) is 1.98. The van der Waals surface area contributed by atoms with E-state index in [-0.39, 0.29) is 0 Å². The molecule has 4 heteroatoms. The Balaban J connectivity index is 2.25. The molecule has 1 aliphatic rings. The van der Waals surface area contributed by atoms with E-state index in [9.17, 15) is 4.91 Å². The molecule has 0 spiro atoms. The van der Waals surface area contributed by atoms with Gasteiger partial charge in [-0.1, -0.05) is 5.18 Å². The van der Waals surface area contributed by atoms with Crippen molar-refractivity contribution in [3.05, 3.63) is 4.91 Å². The molecule has 0 bridgehead atoms. The van der Waals surface area contributed by atoms with Crippen LogP contribution in [0.1, 0.15) is 12.8 Å². The van der Waals surface area contributed by atoms with Crippen molar-refractivity contribution in [3.63, 3.8) is 0 Å². The minimum absolute atomic E-state index is 0.411. The molecule has 1 saturated heterocycles. The van der Waals surface area contributed by atoms with Gasteiger partial charge in [-0.2, -0.15) is 4.91 Å². The first kappa shape index (κ1) is 8.62. The maximum Gasteiger partial charge on any atom is 0.0826 e. The van der Waals surface area contributed by atoms with Crippen LogP contribution in [0.5, 0.6) is 0 Å². The third-order valence-corrected chi connectivity index (χ3v) is 2.32. The van der Waals surface area contributed by atoms with Crippen molar-refractivity contribution in [2.24, 2.45) is 16.8 Å². The second-order valence-corrected chi connectivity index (χ2v) is 2.99. The highest BCUT2D eigenvalue weighted by atomic mass is 16.3. The molecule has 0 aromatic carbocycles. The molecule has 0 amide bonds. The Kier molecular flexibility index (Phi) is 3.45. The van der Waals surface area contributed by atoms with E-state index in [1.54, 1.807) is 0 Å². The van der Waals surface area contributed by atoms with Gasteiger partial charge in [-0.05, 0) is 31.8 Å². The molecule has 1 heterocycles. The van der Waals surface area contributed by atoms with Crippen LogP contribution in [0.3, 0.4) is 0 Å². The van der Waals surface area contributed by atoms with Crippen LogP contribution in [0.4, 0.5) is 0 Å². The minimum atomic E-state index is 0.411. The van der Waals surface area contributed by atoms with Gasteiger partial charge in [0.1, 0.15) is 0 Å². The van der Waals surface area contributed by atoms with Gasteiger partial charge >= 0.3 is 0 Å². The summed E-state index contributed by atoms with van der Waals surface area (Å²) in [7, 11) is 0. The predicted molar refractivity (Wildman–Crippen MR) is 44.2 cm³/mol. The third-order valence-electron chi connectivity index (χ3n) is 2.32. The van der Waals surface area contributed by atoms with E-state index in [2.05, 4.69) is 10.5 Å². The Bertz CT molecular complexity index is 129. The van der Waals surface area contributed by atoms with E-state index in [0.717, 1.165) is 25.9 Å². The monoisotopic (exact) mass is 157 g/mol. The molecule has 0 aromatic heterocycles. The van der Waals surface area contributed by atoms with E-state index >= 15 is 0 Å². The molecule has 0 aliphatic carbocycles. The zero-order chi connectivity index (χ0) is 8.10. The zero-order valence-corrected chi connectivity index (χ0v) is 6.62. The van der Waals surface area contributed by atoms with Gasteiger partial charge in [0.15, 0.2) is 0 Å². The molecule has 2 unspecified atom stereocenters. The lowest BCUT2D eigenvalue weighted by molar-refractivity contribution is 0.436. The third kappa shape index (κ3) is 2.24. The maximum absolute atomic E-state index is 9.85. The molecule has 0 radical (unpaired) electrons. The lowest BCUT2D eigenvalue weighted by Gasteiger charge is -2.15. The van der Waals surface area contributed by atoms with Gasteiger partial charge in [0.05, 0.1) is 6.54 Å². The molecular formula is C7H15N3O. The highest BCUT2D eigenvalue weighted by Crippen LogP contribution is 2.16. The average molecular weight is 157 g/mol. The standard InChI is InChI=1S/C7H15N3O/c8-5-6-1-3-9-7(6)2-4-10-11/h6-7,9H,1-5,8H2. The van der Waals surface area contributed by atoms with Crippen LogP contribution in [0, 0.1) is 10.8 Å². The van der Waals surface area contributed by atoms with Gasteiger partial charge in [0.25, 0.3) is 0 Å². The van der Waals surface area contributed by atoms with E-state index < -0.39 is 0 Å². The van der Waals surface area contributed by atoms with Crippen molar-refractivity contribution >= 4 is 0 Å². The van der Waals surface area contributed by atoms with Crippen LogP contribution in [-0.4, -0.2) is 25.7 Å². The summed E-state index contributed by atoms with van der Waals surface area (Å²) in [5, 5.41) is 6.15. The van der Waals surface area contributed by atoms with Gasteiger partial charge in [0, 0.05) is 6.04 Å². The zero-order valence-electron chi connectivity index (χ0n) is 6.62. The molecule has 64 valence electrons. The maximum atomic E-state index is 9.85. The topological polar surface area (TPSA) is 67.5 Å². The Morgan fingerprint density at radius 3 is 3.09 bits per heavy atom. The summed E-state index contributed by atoms with van der Waals surface area (Å²) >= 11 is 0. The quantitative estimate of drug-likeness (QED) is 0.568. The summed E-state index contributed by atoms with van der Waals surface area (Å²) in [4.78, 5) is 9.85. The van der Waals surface area contributed by atoms with Crippen LogP contribution in [0.25, 0.3) is 0 Å². The molecule has 1 aliphatic heterocycles. The highest BCUT2D eigenvalue weighted by Gasteiger charge is 2.24. The summed E-state index contributed by atoms with van der Waals surface area (Å²) in [6, 6.07) is 0.428. The first-order valence-electron chi connectivity index (χ1n) is 4.11. The van der Waals surface area contributed by atoms with Gasteiger partial charge < -0.3 is 11.1 Å². The first-order chi connectivity index (χ1) is 5.38. The lowest BCUT2D eigenvalue weighted by atomic mass is 9.99. The first-order valence-corrected chi connectivity index (χ1v) is 4.11. The van der Waals surface area contributed by atoms with Crippen molar-refractivity contribution in [1.29, 1.82) is 0 Å². The van der Waals surface area contributed by atoms with Crippen LogP contribution < -0.4 is 11.1 Å². The summed E-state index contributed by atoms with van der Waals surface area (Å²) in [6.45, 7) is 2.16. The molecule has 0 aromatic rings. The molecule has 2 atom stereocenters. The second kappa shape index (κ2) is 4.41. The number of nitrogens with one attached hydrogen (secondary N) is 1. The van der Waals surface area contributed by atoms with Crippen LogP contribution in [0.2, 0.25) is 0 Å². The van der Waals surface area contributed by atoms with E-state index in [4.69, 9.17) is 5.73 Å². The minimum Gasteiger partial charge on any atom is -0.330 e. The van der Waals surface area contributed by atoms with Crippen molar-refractivity contribution in [2.45, 2.75) is 18.9 Å². The number of hydrogen-bond acceptors (Lipinski definition) is 4. The molecule has 1 fully saturated rings. The molecular weight excluding hydrogens is 142 g/mol. The Labute approximate surface area is 66.5 Å². The molecule has 11 heavy (non-hydrogen) atoms. The van der Waals surface area contributed by atoms with Crippen molar-refractivity contribution in [3.8, 4) is 0 Å². The molecule has 4 nitrogen and oxygen atoms in total. The summed E-state index contributed by atoms with van der Waals surface area (Å²) in [5.74, 6) is 0.553. The number of nitroso groups, excluding NO2 is 1. The Hall–Kier alpha value is -0.480. The Morgan fingerprint density at radius 1 is 1.64 bits per heavy atom. The Morgan fingerprint density at radius 2 is 2.45 bits per heavy atom. The predicted octanol–water partition coefficient (Wildman–Crippen LogP) is 0.0797. The number of nitrogens with zero attached hydrogens (tertiary/aromatic N) is 1. The SMILES string of the molecule is NCC1CCNC1CCN=O.